The number of ether oxygens (including phenoxy) is 4. The van der Waals surface area contributed by atoms with Crippen LogP contribution in [0.5, 0.6) is 28.7 Å². The maximum Gasteiger partial charge on any atom is 0.204 e. The molecule has 7 heteroatoms. The van der Waals surface area contributed by atoms with Crippen molar-refractivity contribution in [1.29, 1.82) is 0 Å². The molecular weight excluding hydrogens is 408 g/mol. The van der Waals surface area contributed by atoms with Gasteiger partial charge in [0.1, 0.15) is 11.5 Å². The monoisotopic (exact) mass is 432 g/mol. The summed E-state index contributed by atoms with van der Waals surface area (Å²) in [4.78, 5) is 0. The Morgan fingerprint density at radius 3 is 2.03 bits per heavy atom. The number of methoxy groups -OCH3 is 4. The molecule has 4 rings (SSSR count). The van der Waals surface area contributed by atoms with Crippen molar-refractivity contribution in [2.45, 2.75) is 0 Å². The summed E-state index contributed by atoms with van der Waals surface area (Å²) in [6, 6.07) is 20.7. The molecule has 0 amide bonds. The Balaban J connectivity index is 2.00. The molecule has 0 radical (unpaired) electrons. The SMILES string of the molecule is COc1ccc(-n2nc(-c3ccccc3)cc2-c2c(O)cc(OC)c(OC)c2OC)cc1. The van der Waals surface area contributed by atoms with Gasteiger partial charge in [-0.15, -0.1) is 0 Å². The van der Waals surface area contributed by atoms with Crippen molar-refractivity contribution in [2.75, 3.05) is 28.4 Å². The number of benzene rings is 3. The average molecular weight is 432 g/mol. The summed E-state index contributed by atoms with van der Waals surface area (Å²) in [5.74, 6) is 1.81. The molecule has 1 N–H and O–H groups in total. The van der Waals surface area contributed by atoms with Gasteiger partial charge in [0.2, 0.25) is 5.75 Å². The van der Waals surface area contributed by atoms with E-state index < -0.39 is 0 Å². The zero-order valence-electron chi connectivity index (χ0n) is 18.3. The Hall–Kier alpha value is -4.13. The van der Waals surface area contributed by atoms with Crippen LogP contribution in [-0.2, 0) is 0 Å². The van der Waals surface area contributed by atoms with Gasteiger partial charge in [-0.1, -0.05) is 30.3 Å². The van der Waals surface area contributed by atoms with Gasteiger partial charge in [-0.05, 0) is 30.3 Å². The smallest absolute Gasteiger partial charge is 0.204 e. The first-order chi connectivity index (χ1) is 15.6. The first kappa shape index (κ1) is 21.1. The van der Waals surface area contributed by atoms with E-state index in [1.54, 1.807) is 11.8 Å². The minimum absolute atomic E-state index is 0.0197. The fraction of sp³-hybridized carbons (Fsp3) is 0.160. The average Bonchev–Trinajstić information content (AvgIpc) is 3.28. The van der Waals surface area contributed by atoms with Crippen molar-refractivity contribution >= 4 is 0 Å². The van der Waals surface area contributed by atoms with Gasteiger partial charge in [0, 0.05) is 11.6 Å². The third kappa shape index (κ3) is 3.69. The largest absolute Gasteiger partial charge is 0.507 e. The molecule has 3 aromatic carbocycles. The van der Waals surface area contributed by atoms with E-state index in [-0.39, 0.29) is 5.75 Å². The molecule has 0 atom stereocenters. The first-order valence-electron chi connectivity index (χ1n) is 9.93. The van der Waals surface area contributed by atoms with Crippen LogP contribution in [-0.4, -0.2) is 43.3 Å². The van der Waals surface area contributed by atoms with E-state index in [1.807, 2.05) is 60.7 Å². The normalized spacial score (nSPS) is 10.6. The van der Waals surface area contributed by atoms with Crippen LogP contribution in [0.25, 0.3) is 28.2 Å². The number of hydrogen-bond donors (Lipinski definition) is 1. The van der Waals surface area contributed by atoms with Gasteiger partial charge in [-0.3, -0.25) is 0 Å². The molecule has 0 fully saturated rings. The molecule has 0 aliphatic carbocycles. The third-order valence-corrected chi connectivity index (χ3v) is 5.16. The summed E-state index contributed by atoms with van der Waals surface area (Å²) in [6.07, 6.45) is 0. The number of phenols is 1. The highest BCUT2D eigenvalue weighted by atomic mass is 16.5. The van der Waals surface area contributed by atoms with E-state index >= 15 is 0 Å². The lowest BCUT2D eigenvalue weighted by atomic mass is 10.1. The van der Waals surface area contributed by atoms with Crippen LogP contribution in [0, 0.1) is 0 Å². The molecule has 0 unspecified atom stereocenters. The minimum atomic E-state index is -0.0197. The lowest BCUT2D eigenvalue weighted by Gasteiger charge is -2.18. The standard InChI is InChI=1S/C25H24N2O5/c1-29-18-12-10-17(11-13-18)27-20(14-19(26-27)16-8-6-5-7-9-16)23-21(28)15-22(30-2)24(31-3)25(23)32-4/h5-15,28H,1-4H3. The molecule has 1 heterocycles. The summed E-state index contributed by atoms with van der Waals surface area (Å²) >= 11 is 0. The minimum Gasteiger partial charge on any atom is -0.507 e. The number of hydrogen-bond acceptors (Lipinski definition) is 6. The van der Waals surface area contributed by atoms with Crippen LogP contribution >= 0.6 is 0 Å². The Morgan fingerprint density at radius 1 is 0.750 bits per heavy atom. The topological polar surface area (TPSA) is 75.0 Å². The zero-order chi connectivity index (χ0) is 22.7. The Morgan fingerprint density at radius 2 is 1.44 bits per heavy atom. The summed E-state index contributed by atoms with van der Waals surface area (Å²) in [5.41, 5.74) is 3.55. The van der Waals surface area contributed by atoms with Crippen molar-refractivity contribution < 1.29 is 24.1 Å². The van der Waals surface area contributed by atoms with Crippen LogP contribution in [0.4, 0.5) is 0 Å². The van der Waals surface area contributed by atoms with Crippen LogP contribution in [0.15, 0.2) is 66.7 Å². The second kappa shape index (κ2) is 8.93. The molecule has 0 aliphatic rings. The predicted octanol–water partition coefficient (Wildman–Crippen LogP) is 4.95. The van der Waals surface area contributed by atoms with Gasteiger partial charge < -0.3 is 24.1 Å². The highest BCUT2D eigenvalue weighted by Gasteiger charge is 2.26. The summed E-state index contributed by atoms with van der Waals surface area (Å²) in [5, 5.41) is 15.8. The Bertz CT molecular complexity index is 1220. The van der Waals surface area contributed by atoms with Crippen molar-refractivity contribution in [1.82, 2.24) is 9.78 Å². The number of rotatable bonds is 7. The first-order valence-corrected chi connectivity index (χ1v) is 9.93. The summed E-state index contributed by atoms with van der Waals surface area (Å²) in [6.45, 7) is 0. The summed E-state index contributed by atoms with van der Waals surface area (Å²) < 4.78 is 23.6. The maximum absolute atomic E-state index is 11.0. The molecule has 32 heavy (non-hydrogen) atoms. The molecular formula is C25H24N2O5. The zero-order valence-corrected chi connectivity index (χ0v) is 18.3. The molecule has 1 aromatic heterocycles. The van der Waals surface area contributed by atoms with E-state index in [0.29, 0.717) is 28.5 Å². The quantitative estimate of drug-likeness (QED) is 0.446. The van der Waals surface area contributed by atoms with Crippen LogP contribution in [0.1, 0.15) is 0 Å². The van der Waals surface area contributed by atoms with Crippen LogP contribution < -0.4 is 18.9 Å². The van der Waals surface area contributed by atoms with E-state index in [4.69, 9.17) is 24.0 Å². The van der Waals surface area contributed by atoms with Crippen molar-refractivity contribution in [3.63, 3.8) is 0 Å². The van der Waals surface area contributed by atoms with Crippen LogP contribution in [0.3, 0.4) is 0 Å². The summed E-state index contributed by atoms with van der Waals surface area (Å²) in [7, 11) is 6.17. The van der Waals surface area contributed by atoms with E-state index in [0.717, 1.165) is 22.7 Å². The van der Waals surface area contributed by atoms with Gasteiger partial charge in [-0.25, -0.2) is 4.68 Å². The lowest BCUT2D eigenvalue weighted by molar-refractivity contribution is 0.321. The Labute approximate surface area is 186 Å². The van der Waals surface area contributed by atoms with Gasteiger partial charge in [-0.2, -0.15) is 5.10 Å². The molecule has 4 aromatic rings. The molecule has 0 spiro atoms. The van der Waals surface area contributed by atoms with Crippen molar-refractivity contribution in [3.05, 3.63) is 66.7 Å². The molecule has 0 saturated heterocycles. The number of nitrogens with zero attached hydrogens (tertiary/aromatic N) is 2. The third-order valence-electron chi connectivity index (χ3n) is 5.16. The molecule has 164 valence electrons. The maximum atomic E-state index is 11.0. The Kier molecular flexibility index (Phi) is 5.89. The molecule has 0 aliphatic heterocycles. The van der Waals surface area contributed by atoms with Gasteiger partial charge in [0.15, 0.2) is 11.5 Å². The lowest BCUT2D eigenvalue weighted by Crippen LogP contribution is -2.02. The van der Waals surface area contributed by atoms with E-state index in [2.05, 4.69) is 0 Å². The fourth-order valence-corrected chi connectivity index (χ4v) is 3.62. The van der Waals surface area contributed by atoms with Crippen molar-refractivity contribution in [3.8, 4) is 56.9 Å². The highest BCUT2D eigenvalue weighted by Crippen LogP contribution is 2.50. The molecule has 7 nitrogen and oxygen atoms in total. The fourth-order valence-electron chi connectivity index (χ4n) is 3.62. The second-order valence-corrected chi connectivity index (χ2v) is 6.93. The second-order valence-electron chi connectivity index (χ2n) is 6.93. The predicted molar refractivity (Wildman–Crippen MR) is 122 cm³/mol. The van der Waals surface area contributed by atoms with E-state index in [9.17, 15) is 5.11 Å². The number of aromatic hydroxyl groups is 1. The van der Waals surface area contributed by atoms with Crippen LogP contribution in [0.2, 0.25) is 0 Å². The van der Waals surface area contributed by atoms with Crippen molar-refractivity contribution in [2.24, 2.45) is 0 Å². The highest BCUT2D eigenvalue weighted by molar-refractivity contribution is 5.83. The van der Waals surface area contributed by atoms with Gasteiger partial charge in [0.25, 0.3) is 0 Å². The molecule has 0 bridgehead atoms. The van der Waals surface area contributed by atoms with E-state index in [1.165, 1.54) is 27.4 Å². The number of phenolic OH excluding ortho intramolecular Hbond substituents is 1. The molecule has 0 saturated carbocycles. The number of aromatic nitrogens is 2. The van der Waals surface area contributed by atoms with Gasteiger partial charge in [0.05, 0.1) is 51.1 Å². The van der Waals surface area contributed by atoms with Gasteiger partial charge >= 0.3 is 0 Å².